The number of aliphatic hydroxyl groups is 4. The van der Waals surface area contributed by atoms with Gasteiger partial charge in [-0.15, -0.1) is 0 Å². The number of rotatable bonds is 18. The molecule has 1 fully saturated rings. The molecule has 5 N–H and O–H groups in total. The van der Waals surface area contributed by atoms with Gasteiger partial charge in [-0.1, -0.05) is 71.1 Å². The van der Waals surface area contributed by atoms with Crippen LogP contribution in [0.1, 0.15) is 84.0 Å². The topological polar surface area (TPSA) is 172 Å². The molecule has 194 valence electrons. The van der Waals surface area contributed by atoms with Gasteiger partial charge in [0.05, 0.1) is 13.2 Å². The summed E-state index contributed by atoms with van der Waals surface area (Å²) in [6.07, 6.45) is 5.25. The Morgan fingerprint density at radius 2 is 1.47 bits per heavy atom. The van der Waals surface area contributed by atoms with Crippen molar-refractivity contribution in [1.82, 2.24) is 0 Å². The fraction of sp³-hybridized carbons (Fsp3) is 0.913. The van der Waals surface area contributed by atoms with Gasteiger partial charge in [0.15, 0.2) is 12.3 Å². The molecule has 1 saturated heterocycles. The molecule has 0 aromatic carbocycles. The standard InChI is InChI=1S/C23H43NO9.Na/c1-2-3-4-5-6-7-8-9-10-11-12-13-18(26)24-16(22(30)31)15-32-23-21(29)20(28)19(27)17(14-25)33-23;/h16-17,19-21,23,25,27-29H,2-15H2,1H3,(H,24,26)(H,30,31);/q;+1/p-1/t16?,17-,19+,20+,21-,23-;/m1./s1. The van der Waals surface area contributed by atoms with Crippen LogP contribution in [0.5, 0.6) is 0 Å². The van der Waals surface area contributed by atoms with Gasteiger partial charge in [0.2, 0.25) is 0 Å². The Morgan fingerprint density at radius 3 is 1.97 bits per heavy atom. The van der Waals surface area contributed by atoms with Gasteiger partial charge in [-0.05, 0) is 18.7 Å². The van der Waals surface area contributed by atoms with Crippen LogP contribution in [-0.2, 0) is 14.3 Å². The zero-order valence-electron chi connectivity index (χ0n) is 20.7. The van der Waals surface area contributed by atoms with Crippen molar-refractivity contribution in [2.75, 3.05) is 13.2 Å². The summed E-state index contributed by atoms with van der Waals surface area (Å²) in [5.74, 6) is -1.90. The number of carboxylic acids is 1. The first-order valence-corrected chi connectivity index (χ1v) is 12.2. The Bertz CT molecular complexity index is 565. The van der Waals surface area contributed by atoms with Crippen LogP contribution in [0.25, 0.3) is 0 Å². The fourth-order valence-electron chi connectivity index (χ4n) is 3.73. The molecular formula is C23H42NNaO9. The Hall–Kier alpha value is -0.300. The van der Waals surface area contributed by atoms with Gasteiger partial charge < -0.3 is 40.1 Å². The van der Waals surface area contributed by atoms with Gasteiger partial charge in [-0.2, -0.15) is 0 Å². The van der Waals surface area contributed by atoms with E-state index in [4.69, 9.17) is 9.47 Å². The fourth-order valence-corrected chi connectivity index (χ4v) is 3.73. The molecule has 1 rings (SSSR count). The quantitative estimate of drug-likeness (QED) is 0.0603. The normalized spacial score (nSPS) is 26.1. The molecule has 10 nitrogen and oxygen atoms in total. The second-order valence-corrected chi connectivity index (χ2v) is 8.69. The molecule has 0 radical (unpaired) electrons. The molecule has 0 spiro atoms. The van der Waals surface area contributed by atoms with E-state index in [9.17, 15) is 35.4 Å². The van der Waals surface area contributed by atoms with E-state index in [1.54, 1.807) is 0 Å². The van der Waals surface area contributed by atoms with Crippen molar-refractivity contribution in [2.24, 2.45) is 4.99 Å². The average Bonchev–Trinajstić information content (AvgIpc) is 2.79. The zero-order chi connectivity index (χ0) is 24.6. The summed E-state index contributed by atoms with van der Waals surface area (Å²) in [7, 11) is 0. The van der Waals surface area contributed by atoms with Gasteiger partial charge in [0.1, 0.15) is 24.4 Å². The molecule has 34 heavy (non-hydrogen) atoms. The number of ether oxygens (including phenoxy) is 2. The summed E-state index contributed by atoms with van der Waals surface area (Å²) in [6.45, 7) is 1.01. The second kappa shape index (κ2) is 19.8. The van der Waals surface area contributed by atoms with E-state index < -0.39 is 61.8 Å². The zero-order valence-corrected chi connectivity index (χ0v) is 22.7. The molecule has 11 heteroatoms. The van der Waals surface area contributed by atoms with Crippen molar-refractivity contribution in [3.05, 3.63) is 0 Å². The van der Waals surface area contributed by atoms with E-state index in [1.165, 1.54) is 44.9 Å². The first-order valence-electron chi connectivity index (χ1n) is 12.2. The number of unbranched alkanes of at least 4 members (excludes halogenated alkanes) is 10. The number of carbonyl (C=O) groups is 1. The van der Waals surface area contributed by atoms with Crippen molar-refractivity contribution in [2.45, 2.75) is 121 Å². The van der Waals surface area contributed by atoms with Crippen LogP contribution in [0.4, 0.5) is 0 Å². The summed E-state index contributed by atoms with van der Waals surface area (Å²) < 4.78 is 10.4. The van der Waals surface area contributed by atoms with E-state index in [2.05, 4.69) is 11.9 Å². The molecule has 0 bridgehead atoms. The van der Waals surface area contributed by atoms with Gasteiger partial charge in [-0.25, -0.2) is 4.79 Å². The van der Waals surface area contributed by atoms with Crippen LogP contribution in [0.3, 0.4) is 0 Å². The Kier molecular flexibility index (Phi) is 19.7. The van der Waals surface area contributed by atoms with Gasteiger partial charge in [-0.3, -0.25) is 4.99 Å². The monoisotopic (exact) mass is 499 g/mol. The number of hydrogen-bond donors (Lipinski definition) is 5. The molecule has 1 heterocycles. The minimum Gasteiger partial charge on any atom is -0.862 e. The first-order chi connectivity index (χ1) is 15.8. The molecule has 0 aromatic heterocycles. The van der Waals surface area contributed by atoms with Crippen LogP contribution < -0.4 is 34.7 Å². The number of hydrogen-bond acceptors (Lipinski definition) is 9. The molecule has 0 aliphatic carbocycles. The van der Waals surface area contributed by atoms with Crippen LogP contribution >= 0.6 is 0 Å². The van der Waals surface area contributed by atoms with Crippen LogP contribution in [0.2, 0.25) is 0 Å². The number of aliphatic imine (C=N–C) groups is 1. The third-order valence-corrected chi connectivity index (χ3v) is 5.85. The molecule has 0 amide bonds. The molecule has 6 atom stereocenters. The van der Waals surface area contributed by atoms with E-state index in [0.717, 1.165) is 19.3 Å². The van der Waals surface area contributed by atoms with Gasteiger partial charge in [0.25, 0.3) is 0 Å². The van der Waals surface area contributed by atoms with E-state index in [1.807, 2.05) is 0 Å². The summed E-state index contributed by atoms with van der Waals surface area (Å²) in [5.41, 5.74) is 0. The second-order valence-electron chi connectivity index (χ2n) is 8.69. The Balaban J connectivity index is 0.0000109. The molecule has 0 saturated carbocycles. The smallest absolute Gasteiger partial charge is 0.862 e. The van der Waals surface area contributed by atoms with E-state index >= 15 is 0 Å². The first kappa shape index (κ1) is 33.7. The van der Waals surface area contributed by atoms with Crippen LogP contribution in [0.15, 0.2) is 4.99 Å². The third kappa shape index (κ3) is 13.1. The average molecular weight is 500 g/mol. The SMILES string of the molecule is CCCCCCCCCCCCCC([O-])=NC(CO[C@@H]1O[C@H](CO)[C@H](O)[C@H](O)[C@H]1O)C(=O)O.[Na+]. The van der Waals surface area contributed by atoms with Crippen molar-refractivity contribution in [3.63, 3.8) is 0 Å². The Labute approximate surface area is 224 Å². The summed E-state index contributed by atoms with van der Waals surface area (Å²) in [6, 6.07) is -1.49. The van der Waals surface area contributed by atoms with Crippen LogP contribution in [0, 0.1) is 0 Å². The molecule has 1 aliphatic rings. The summed E-state index contributed by atoms with van der Waals surface area (Å²) in [4.78, 5) is 15.1. The number of carboxylic acid groups (broad SMARTS) is 1. The van der Waals surface area contributed by atoms with Crippen molar-refractivity contribution in [3.8, 4) is 0 Å². The van der Waals surface area contributed by atoms with Crippen LogP contribution in [-0.4, -0.2) is 87.4 Å². The predicted octanol–water partition coefficient (Wildman–Crippen LogP) is -2.28. The number of aliphatic hydroxyl groups excluding tert-OH is 4. The van der Waals surface area contributed by atoms with Crippen molar-refractivity contribution < 1.29 is 74.5 Å². The maximum atomic E-state index is 12.1. The van der Waals surface area contributed by atoms with E-state index in [0.29, 0.717) is 6.42 Å². The molecule has 1 aliphatic heterocycles. The third-order valence-electron chi connectivity index (χ3n) is 5.85. The van der Waals surface area contributed by atoms with E-state index in [-0.39, 0.29) is 36.0 Å². The maximum Gasteiger partial charge on any atom is 1.00 e. The van der Waals surface area contributed by atoms with Gasteiger partial charge in [0, 0.05) is 0 Å². The van der Waals surface area contributed by atoms with Crippen molar-refractivity contribution >= 4 is 11.9 Å². The Morgan fingerprint density at radius 1 is 0.941 bits per heavy atom. The predicted molar refractivity (Wildman–Crippen MR) is 120 cm³/mol. The molecule has 1 unspecified atom stereocenters. The molecule has 0 aromatic rings. The van der Waals surface area contributed by atoms with Gasteiger partial charge >= 0.3 is 35.5 Å². The van der Waals surface area contributed by atoms with Crippen molar-refractivity contribution in [1.29, 1.82) is 0 Å². The largest absolute Gasteiger partial charge is 1.00 e. The minimum atomic E-state index is -1.65. The number of nitrogens with zero attached hydrogens (tertiary/aromatic N) is 1. The maximum absolute atomic E-state index is 12.1. The summed E-state index contributed by atoms with van der Waals surface area (Å²) in [5, 5.41) is 60.0. The number of aliphatic carboxylic acids is 1. The minimum absolute atomic E-state index is 0. The summed E-state index contributed by atoms with van der Waals surface area (Å²) >= 11 is 0. The molecular weight excluding hydrogens is 457 g/mol.